The van der Waals surface area contributed by atoms with Crippen LogP contribution in [0, 0.1) is 6.92 Å². The van der Waals surface area contributed by atoms with Crippen molar-refractivity contribution in [2.45, 2.75) is 26.3 Å². The van der Waals surface area contributed by atoms with E-state index in [0.717, 1.165) is 52.9 Å². The summed E-state index contributed by atoms with van der Waals surface area (Å²) >= 11 is 0. The molecule has 180 valence electrons. The van der Waals surface area contributed by atoms with Crippen molar-refractivity contribution in [2.24, 2.45) is 0 Å². The second-order valence-electron chi connectivity index (χ2n) is 9.12. The summed E-state index contributed by atoms with van der Waals surface area (Å²) in [5, 5.41) is 3.53. The van der Waals surface area contributed by atoms with Gasteiger partial charge in [0.15, 0.2) is 0 Å². The number of aryl methyl sites for hydroxylation is 1. The standard InChI is InChI=1S/C31H31N5/c1-4-24-12-13-28(19-25(24)5-2)29-20-30(35-31(34-29)36-16-6-7-17-36)33-21-23-8-10-26(11-9-23)27-14-15-32-22(3)18-27/h4-5,8-15,18-20H,1-2,6-7,16-17,21H2,3H3,(H,33,34,35). The first-order chi connectivity index (χ1) is 17.6. The first kappa shape index (κ1) is 23.5. The van der Waals surface area contributed by atoms with Gasteiger partial charge in [-0.1, -0.05) is 61.7 Å². The van der Waals surface area contributed by atoms with Crippen molar-refractivity contribution in [3.05, 3.63) is 102 Å². The molecule has 5 heteroatoms. The maximum atomic E-state index is 4.93. The number of hydrogen-bond donors (Lipinski definition) is 1. The van der Waals surface area contributed by atoms with E-state index in [2.05, 4.69) is 76.9 Å². The number of aromatic nitrogens is 3. The van der Waals surface area contributed by atoms with E-state index in [1.807, 2.05) is 37.4 Å². The zero-order valence-electron chi connectivity index (χ0n) is 20.7. The van der Waals surface area contributed by atoms with Crippen molar-refractivity contribution < 1.29 is 0 Å². The van der Waals surface area contributed by atoms with Gasteiger partial charge in [-0.15, -0.1) is 0 Å². The van der Waals surface area contributed by atoms with Crippen LogP contribution in [0.15, 0.2) is 80.0 Å². The molecule has 5 nitrogen and oxygen atoms in total. The van der Waals surface area contributed by atoms with E-state index >= 15 is 0 Å². The molecule has 1 saturated heterocycles. The highest BCUT2D eigenvalue weighted by atomic mass is 15.3. The molecule has 0 radical (unpaired) electrons. The molecule has 0 bridgehead atoms. The summed E-state index contributed by atoms with van der Waals surface area (Å²) in [5.41, 5.74) is 8.62. The molecule has 3 heterocycles. The molecule has 4 aromatic rings. The quantitative estimate of drug-likeness (QED) is 0.298. The van der Waals surface area contributed by atoms with Crippen molar-refractivity contribution in [3.63, 3.8) is 0 Å². The molecule has 0 saturated carbocycles. The van der Waals surface area contributed by atoms with Gasteiger partial charge in [-0.3, -0.25) is 4.98 Å². The Balaban J connectivity index is 1.40. The largest absolute Gasteiger partial charge is 0.366 e. The first-order valence-electron chi connectivity index (χ1n) is 12.4. The zero-order valence-corrected chi connectivity index (χ0v) is 20.7. The average molecular weight is 474 g/mol. The topological polar surface area (TPSA) is 53.9 Å². The fourth-order valence-electron chi connectivity index (χ4n) is 4.56. The lowest BCUT2D eigenvalue weighted by Gasteiger charge is -2.18. The predicted octanol–water partition coefficient (Wildman–Crippen LogP) is 7.01. The monoisotopic (exact) mass is 473 g/mol. The maximum absolute atomic E-state index is 4.93. The Labute approximate surface area is 213 Å². The van der Waals surface area contributed by atoms with E-state index in [9.17, 15) is 0 Å². The van der Waals surface area contributed by atoms with Crippen LogP contribution in [0.1, 0.15) is 35.2 Å². The number of anilines is 2. The molecular formula is C31H31N5. The molecule has 2 aromatic heterocycles. The van der Waals surface area contributed by atoms with Crippen LogP contribution in [0.3, 0.4) is 0 Å². The van der Waals surface area contributed by atoms with E-state index < -0.39 is 0 Å². The molecule has 5 rings (SSSR count). The average Bonchev–Trinajstić information content (AvgIpc) is 3.47. The van der Waals surface area contributed by atoms with Crippen LogP contribution >= 0.6 is 0 Å². The third-order valence-electron chi connectivity index (χ3n) is 6.58. The molecule has 36 heavy (non-hydrogen) atoms. The van der Waals surface area contributed by atoms with Crippen molar-refractivity contribution in [1.29, 1.82) is 0 Å². The Bertz CT molecular complexity index is 1380. The van der Waals surface area contributed by atoms with Crippen molar-refractivity contribution in [3.8, 4) is 22.4 Å². The highest BCUT2D eigenvalue weighted by molar-refractivity contribution is 5.73. The van der Waals surface area contributed by atoms with Gasteiger partial charge in [0.05, 0.1) is 5.69 Å². The van der Waals surface area contributed by atoms with Gasteiger partial charge in [0.25, 0.3) is 0 Å². The van der Waals surface area contributed by atoms with E-state index in [0.29, 0.717) is 6.54 Å². The molecule has 0 amide bonds. The fourth-order valence-corrected chi connectivity index (χ4v) is 4.56. The third kappa shape index (κ3) is 5.20. The first-order valence-corrected chi connectivity index (χ1v) is 12.4. The van der Waals surface area contributed by atoms with Gasteiger partial charge in [-0.05, 0) is 65.8 Å². The summed E-state index contributed by atoms with van der Waals surface area (Å²) in [6.45, 7) is 12.5. The number of nitrogens with one attached hydrogen (secondary N) is 1. The minimum atomic E-state index is 0.679. The lowest BCUT2D eigenvalue weighted by Crippen LogP contribution is -2.21. The van der Waals surface area contributed by atoms with E-state index in [4.69, 9.17) is 9.97 Å². The summed E-state index contributed by atoms with van der Waals surface area (Å²) < 4.78 is 0. The molecule has 1 N–H and O–H groups in total. The van der Waals surface area contributed by atoms with Crippen LogP contribution in [0.5, 0.6) is 0 Å². The molecule has 1 aliphatic rings. The van der Waals surface area contributed by atoms with Crippen molar-refractivity contribution in [2.75, 3.05) is 23.3 Å². The Morgan fingerprint density at radius 1 is 0.833 bits per heavy atom. The van der Waals surface area contributed by atoms with Crippen LogP contribution in [-0.2, 0) is 6.54 Å². The van der Waals surface area contributed by atoms with Gasteiger partial charge in [-0.25, -0.2) is 4.98 Å². The SMILES string of the molecule is C=Cc1ccc(-c2cc(NCc3ccc(-c4ccnc(C)c4)cc3)nc(N3CCCC3)n2)cc1C=C. The Morgan fingerprint density at radius 3 is 2.31 bits per heavy atom. The van der Waals surface area contributed by atoms with E-state index in [-0.39, 0.29) is 0 Å². The van der Waals surface area contributed by atoms with Crippen LogP contribution in [-0.4, -0.2) is 28.0 Å². The van der Waals surface area contributed by atoms with Gasteiger partial charge in [0, 0.05) is 43.2 Å². The number of pyridine rings is 1. The number of nitrogens with zero attached hydrogens (tertiary/aromatic N) is 4. The van der Waals surface area contributed by atoms with Gasteiger partial charge in [0.2, 0.25) is 5.95 Å². The lowest BCUT2D eigenvalue weighted by molar-refractivity contribution is 0.898. The molecule has 0 atom stereocenters. The lowest BCUT2D eigenvalue weighted by atomic mass is 10.0. The van der Waals surface area contributed by atoms with Crippen molar-refractivity contribution in [1.82, 2.24) is 15.0 Å². The smallest absolute Gasteiger partial charge is 0.227 e. The number of rotatable bonds is 8. The highest BCUT2D eigenvalue weighted by Gasteiger charge is 2.17. The minimum absolute atomic E-state index is 0.679. The molecular weight excluding hydrogens is 442 g/mol. The van der Waals surface area contributed by atoms with E-state index in [1.54, 1.807) is 0 Å². The van der Waals surface area contributed by atoms with E-state index in [1.165, 1.54) is 29.5 Å². The summed E-state index contributed by atoms with van der Waals surface area (Å²) in [6, 6.07) is 21.1. The normalized spacial score (nSPS) is 13.0. The van der Waals surface area contributed by atoms with Crippen molar-refractivity contribution >= 4 is 23.9 Å². The van der Waals surface area contributed by atoms with Crippen LogP contribution < -0.4 is 10.2 Å². The Hall–Kier alpha value is -4.25. The van der Waals surface area contributed by atoms with Crippen LogP contribution in [0.2, 0.25) is 0 Å². The van der Waals surface area contributed by atoms with Gasteiger partial charge in [0.1, 0.15) is 5.82 Å². The molecule has 0 aliphatic carbocycles. The molecule has 2 aromatic carbocycles. The molecule has 1 fully saturated rings. The maximum Gasteiger partial charge on any atom is 0.227 e. The molecule has 0 spiro atoms. The summed E-state index contributed by atoms with van der Waals surface area (Å²) in [7, 11) is 0. The summed E-state index contributed by atoms with van der Waals surface area (Å²) in [6.07, 6.45) is 7.92. The van der Waals surface area contributed by atoms with Gasteiger partial charge < -0.3 is 10.2 Å². The Kier molecular flexibility index (Phi) is 6.89. The van der Waals surface area contributed by atoms with Gasteiger partial charge in [-0.2, -0.15) is 4.98 Å². The van der Waals surface area contributed by atoms with Crippen LogP contribution in [0.4, 0.5) is 11.8 Å². The Morgan fingerprint density at radius 2 is 1.58 bits per heavy atom. The predicted molar refractivity (Wildman–Crippen MR) is 151 cm³/mol. The summed E-state index contributed by atoms with van der Waals surface area (Å²) in [4.78, 5) is 16.4. The summed E-state index contributed by atoms with van der Waals surface area (Å²) in [5.74, 6) is 1.60. The number of hydrogen-bond acceptors (Lipinski definition) is 5. The zero-order chi connectivity index (χ0) is 24.9. The highest BCUT2D eigenvalue weighted by Crippen LogP contribution is 2.28. The second kappa shape index (κ2) is 10.6. The minimum Gasteiger partial charge on any atom is -0.366 e. The number of benzene rings is 2. The molecule has 0 unspecified atom stereocenters. The fraction of sp³-hybridized carbons (Fsp3) is 0.194. The van der Waals surface area contributed by atoms with Crippen LogP contribution in [0.25, 0.3) is 34.5 Å². The molecule has 1 aliphatic heterocycles. The van der Waals surface area contributed by atoms with Gasteiger partial charge >= 0.3 is 0 Å². The second-order valence-corrected chi connectivity index (χ2v) is 9.12. The third-order valence-corrected chi connectivity index (χ3v) is 6.58.